The molecular weight excluding hydrogens is 1020 g/mol. The molecule has 2 N–H and O–H groups in total. The van der Waals surface area contributed by atoms with Crippen molar-refractivity contribution in [2.24, 2.45) is 0 Å². The second kappa shape index (κ2) is 59.8. The number of carbonyl (C=O) groups is 2. The third-order valence-electron chi connectivity index (χ3n) is 14.4. The number of carbonyl (C=O) groups excluding carboxylic acids is 2. The van der Waals surface area contributed by atoms with Crippen molar-refractivity contribution in [3.63, 3.8) is 0 Å². The molecule has 0 saturated carbocycles. The van der Waals surface area contributed by atoms with Crippen molar-refractivity contribution in [2.75, 3.05) is 40.9 Å². The SMILES string of the molecule is CC\C=C/C=C/C=C/C=C\C=C\C=C\CCCCCC(=O)NC(COP(=O)(O)OCC[N+](C)(C)C)C(/C=C\CCCCCCCCCCC)OC(=O)CCCCCCCCCCCCCCCCCCC/C=C\C/C=C\CCCCC. The zero-order valence-corrected chi connectivity index (χ0v) is 54.1. The van der Waals surface area contributed by atoms with Gasteiger partial charge in [-0.2, -0.15) is 0 Å². The van der Waals surface area contributed by atoms with Gasteiger partial charge in [0.05, 0.1) is 33.8 Å². The van der Waals surface area contributed by atoms with E-state index in [1.165, 1.54) is 167 Å². The fourth-order valence-electron chi connectivity index (χ4n) is 9.24. The molecule has 1 amide bonds. The van der Waals surface area contributed by atoms with Crippen LogP contribution in [-0.4, -0.2) is 74.3 Å². The lowest BCUT2D eigenvalue weighted by Crippen LogP contribution is -2.47. The summed E-state index contributed by atoms with van der Waals surface area (Å²) in [4.78, 5) is 37.7. The molecule has 0 aromatic heterocycles. The van der Waals surface area contributed by atoms with Crippen molar-refractivity contribution >= 4 is 19.7 Å². The number of rotatable bonds is 59. The number of phosphoric acid groups is 1. The predicted octanol–water partition coefficient (Wildman–Crippen LogP) is 20.9. The normalized spacial score (nSPS) is 14.3. The van der Waals surface area contributed by atoms with E-state index in [2.05, 4.69) is 62.5 Å². The van der Waals surface area contributed by atoms with Crippen molar-refractivity contribution in [1.82, 2.24) is 5.32 Å². The van der Waals surface area contributed by atoms with Crippen molar-refractivity contribution in [3.8, 4) is 0 Å². The largest absolute Gasteiger partial charge is 0.472 e. The van der Waals surface area contributed by atoms with Crippen LogP contribution in [0, 0.1) is 0 Å². The molecule has 0 radical (unpaired) electrons. The van der Waals surface area contributed by atoms with Gasteiger partial charge in [-0.1, -0.05) is 291 Å². The van der Waals surface area contributed by atoms with Gasteiger partial charge in [0.2, 0.25) is 5.91 Å². The van der Waals surface area contributed by atoms with Crippen LogP contribution < -0.4 is 5.32 Å². The number of phosphoric ester groups is 1. The highest BCUT2D eigenvalue weighted by Crippen LogP contribution is 2.43. The van der Waals surface area contributed by atoms with Crippen molar-refractivity contribution in [1.29, 1.82) is 0 Å². The van der Waals surface area contributed by atoms with E-state index in [9.17, 15) is 19.0 Å². The van der Waals surface area contributed by atoms with Gasteiger partial charge in [-0.05, 0) is 83.1 Å². The summed E-state index contributed by atoms with van der Waals surface area (Å²) < 4.78 is 30.7. The molecule has 0 aliphatic carbocycles. The zero-order valence-electron chi connectivity index (χ0n) is 53.2. The number of hydrogen-bond donors (Lipinski definition) is 2. The van der Waals surface area contributed by atoms with Crippen LogP contribution in [0.3, 0.4) is 0 Å². The summed E-state index contributed by atoms with van der Waals surface area (Å²) in [7, 11) is 1.45. The molecule has 466 valence electrons. The van der Waals surface area contributed by atoms with Crippen LogP contribution in [0.1, 0.15) is 278 Å². The van der Waals surface area contributed by atoms with E-state index in [0.29, 0.717) is 17.4 Å². The van der Waals surface area contributed by atoms with E-state index >= 15 is 0 Å². The Morgan fingerprint density at radius 1 is 0.457 bits per heavy atom. The number of amides is 1. The van der Waals surface area contributed by atoms with Gasteiger partial charge in [-0.25, -0.2) is 4.57 Å². The minimum Gasteiger partial charge on any atom is -0.456 e. The first-order chi connectivity index (χ1) is 39.4. The van der Waals surface area contributed by atoms with Crippen molar-refractivity contribution < 1.29 is 37.3 Å². The number of ether oxygens (including phenoxy) is 1. The van der Waals surface area contributed by atoms with E-state index in [1.807, 2.05) is 94.1 Å². The summed E-state index contributed by atoms with van der Waals surface area (Å²) in [5.41, 5.74) is 0. The number of esters is 1. The Bertz CT molecular complexity index is 1750. The molecule has 3 atom stereocenters. The van der Waals surface area contributed by atoms with Gasteiger partial charge >= 0.3 is 13.8 Å². The number of likely N-dealkylation sites (N-methyl/N-ethyl adjacent to an activating group) is 1. The molecule has 0 bridgehead atoms. The van der Waals surface area contributed by atoms with E-state index in [-0.39, 0.29) is 37.9 Å². The molecule has 0 saturated heterocycles. The van der Waals surface area contributed by atoms with Gasteiger partial charge in [-0.15, -0.1) is 0 Å². The molecule has 0 aromatic rings. The van der Waals surface area contributed by atoms with Gasteiger partial charge in [0.15, 0.2) is 0 Å². The molecule has 3 unspecified atom stereocenters. The number of quaternary nitrogens is 1. The Morgan fingerprint density at radius 2 is 0.840 bits per heavy atom. The highest BCUT2D eigenvalue weighted by molar-refractivity contribution is 7.47. The third-order valence-corrected chi connectivity index (χ3v) is 15.3. The second-order valence-corrected chi connectivity index (χ2v) is 24.9. The molecule has 9 nitrogen and oxygen atoms in total. The maximum absolute atomic E-state index is 13.5. The lowest BCUT2D eigenvalue weighted by Gasteiger charge is -2.27. The number of nitrogens with zero attached hydrogens (tertiary/aromatic N) is 1. The summed E-state index contributed by atoms with van der Waals surface area (Å²) >= 11 is 0. The molecule has 81 heavy (non-hydrogen) atoms. The average molecular weight is 1150 g/mol. The lowest BCUT2D eigenvalue weighted by atomic mass is 10.0. The van der Waals surface area contributed by atoms with Crippen LogP contribution in [0.15, 0.2) is 109 Å². The van der Waals surface area contributed by atoms with E-state index in [4.69, 9.17) is 13.8 Å². The van der Waals surface area contributed by atoms with Crippen LogP contribution in [0.2, 0.25) is 0 Å². The first kappa shape index (κ1) is 77.7. The monoisotopic (exact) mass is 1150 g/mol. The number of unbranched alkanes of at least 4 members (excludes halogenated alkanes) is 32. The quantitative estimate of drug-likeness (QED) is 0.0156. The van der Waals surface area contributed by atoms with Gasteiger partial charge < -0.3 is 19.4 Å². The van der Waals surface area contributed by atoms with Crippen LogP contribution >= 0.6 is 7.82 Å². The molecule has 0 aliphatic heterocycles. The minimum absolute atomic E-state index is 0.0264. The Morgan fingerprint density at radius 3 is 1.32 bits per heavy atom. The van der Waals surface area contributed by atoms with Crippen molar-refractivity contribution in [2.45, 2.75) is 290 Å². The van der Waals surface area contributed by atoms with Gasteiger partial charge in [0, 0.05) is 12.8 Å². The summed E-state index contributed by atoms with van der Waals surface area (Å²) in [6, 6.07) is -0.877. The molecule has 0 aromatic carbocycles. The summed E-state index contributed by atoms with van der Waals surface area (Å²) in [5, 5.41) is 3.03. The third kappa shape index (κ3) is 61.1. The number of nitrogens with one attached hydrogen (secondary N) is 1. The van der Waals surface area contributed by atoms with E-state index in [1.54, 1.807) is 0 Å². The van der Waals surface area contributed by atoms with Crippen molar-refractivity contribution in [3.05, 3.63) is 109 Å². The smallest absolute Gasteiger partial charge is 0.456 e. The number of allylic oxidation sites excluding steroid dienone is 17. The molecule has 0 spiro atoms. The topological polar surface area (TPSA) is 111 Å². The van der Waals surface area contributed by atoms with Crippen LogP contribution in [-0.2, 0) is 27.9 Å². The predicted molar refractivity (Wildman–Crippen MR) is 350 cm³/mol. The summed E-state index contributed by atoms with van der Waals surface area (Å²) in [6.07, 6.45) is 82.5. The molecular formula is C71H126N2O7P+. The highest BCUT2D eigenvalue weighted by Gasteiger charge is 2.30. The van der Waals surface area contributed by atoms with Gasteiger partial charge in [-0.3, -0.25) is 18.6 Å². The summed E-state index contributed by atoms with van der Waals surface area (Å²) in [5.74, 6) is -0.557. The summed E-state index contributed by atoms with van der Waals surface area (Å²) in [6.45, 7) is 6.81. The van der Waals surface area contributed by atoms with Gasteiger partial charge in [0.25, 0.3) is 0 Å². The Balaban J connectivity index is 5.08. The standard InChI is InChI=1S/C71H125N2O7P/c1-7-10-13-16-19-22-25-27-29-31-32-33-34-35-36-37-38-39-40-42-44-46-49-52-55-58-61-64-71(75)80-69(62-59-56-53-50-47-24-21-18-15-12-9-3)68(67-79-81(76,77)78-66-65-73(4,5)6)72-70(74)63-60-57-54-51-48-45-43-41-30-28-26-23-20-17-14-11-8-2/h11,14,17,19-20,22-23,26-30,41,43,45,48,59,62,68-69H,7-10,12-13,15-16,18,21,24-25,31-40,42,44,46-47,49-58,60-61,63-67H2,1-6H3,(H-,72,74,76,77)/p+1/b14-11-,20-17+,22-19-,26-23+,29-27-,30-28-,43-41+,48-45+,62-59-. The van der Waals surface area contributed by atoms with Gasteiger partial charge in [0.1, 0.15) is 19.3 Å². The Labute approximate surface area is 500 Å². The fraction of sp³-hybridized carbons (Fsp3) is 0.718. The van der Waals surface area contributed by atoms with E-state index in [0.717, 1.165) is 70.6 Å². The number of hydrogen-bond acceptors (Lipinski definition) is 6. The maximum Gasteiger partial charge on any atom is 0.472 e. The maximum atomic E-state index is 13.5. The first-order valence-corrected chi connectivity index (χ1v) is 34.8. The molecule has 0 fully saturated rings. The molecule has 10 heteroatoms. The fourth-order valence-corrected chi connectivity index (χ4v) is 9.97. The molecule has 0 heterocycles. The highest BCUT2D eigenvalue weighted by atomic mass is 31.2. The minimum atomic E-state index is -4.47. The Hall–Kier alpha value is -3.33. The second-order valence-electron chi connectivity index (χ2n) is 23.4. The lowest BCUT2D eigenvalue weighted by molar-refractivity contribution is -0.870. The first-order valence-electron chi connectivity index (χ1n) is 33.3. The van der Waals surface area contributed by atoms with E-state index < -0.39 is 20.0 Å². The molecule has 0 aliphatic rings. The van der Waals surface area contributed by atoms with Crippen LogP contribution in [0.25, 0.3) is 0 Å². The van der Waals surface area contributed by atoms with Crippen LogP contribution in [0.4, 0.5) is 0 Å². The Kier molecular flexibility index (Phi) is 57.4. The van der Waals surface area contributed by atoms with Crippen LogP contribution in [0.5, 0.6) is 0 Å². The average Bonchev–Trinajstić information content (AvgIpc) is 3.44. The zero-order chi connectivity index (χ0) is 59.3. The molecule has 0 rings (SSSR count).